The summed E-state index contributed by atoms with van der Waals surface area (Å²) in [4.78, 5) is 45.6. The van der Waals surface area contributed by atoms with Crippen LogP contribution in [0.5, 0.6) is 0 Å². The van der Waals surface area contributed by atoms with E-state index in [4.69, 9.17) is 0 Å². The molecule has 3 aliphatic heterocycles. The highest BCUT2D eigenvalue weighted by Gasteiger charge is 2.70. The van der Waals surface area contributed by atoms with Crippen LogP contribution in [0.15, 0.2) is 54.7 Å². The van der Waals surface area contributed by atoms with Crippen molar-refractivity contribution < 1.29 is 14.4 Å². The molecule has 7 nitrogen and oxygen atoms in total. The third kappa shape index (κ3) is 2.57. The summed E-state index contributed by atoms with van der Waals surface area (Å²) < 4.78 is 0. The maximum atomic E-state index is 13.8. The highest BCUT2D eigenvalue weighted by Crippen LogP contribution is 2.53. The van der Waals surface area contributed by atoms with Gasteiger partial charge in [-0.2, -0.15) is 0 Å². The number of nitrogens with one attached hydrogen (secondary N) is 3. The highest BCUT2D eigenvalue weighted by atomic mass is 16.2. The van der Waals surface area contributed by atoms with E-state index in [2.05, 4.69) is 15.6 Å². The lowest BCUT2D eigenvalue weighted by Gasteiger charge is -2.31. The van der Waals surface area contributed by atoms with Crippen molar-refractivity contribution in [3.8, 4) is 0 Å². The average molecular weight is 443 g/mol. The summed E-state index contributed by atoms with van der Waals surface area (Å²) in [6.45, 7) is 3.86. The SMILES string of the molecule is CC[C@H](C)N1C(=O)[C@H]2[C@@H](C1=O)[C@@]1(N[C@@H]2Cc2c[nH]c3ccccc23)C(=O)Nc2ccccc21. The lowest BCUT2D eigenvalue weighted by molar-refractivity contribution is -0.145. The zero-order valence-electron chi connectivity index (χ0n) is 18.6. The van der Waals surface area contributed by atoms with Gasteiger partial charge >= 0.3 is 0 Å². The second-order valence-electron chi connectivity index (χ2n) is 9.43. The van der Waals surface area contributed by atoms with Crippen LogP contribution in [0.25, 0.3) is 10.9 Å². The van der Waals surface area contributed by atoms with Gasteiger partial charge in [0.2, 0.25) is 17.7 Å². The molecule has 7 heteroatoms. The number of carbonyl (C=O) groups is 3. The summed E-state index contributed by atoms with van der Waals surface area (Å²) >= 11 is 0. The van der Waals surface area contributed by atoms with Crippen LogP contribution in [0.1, 0.15) is 31.4 Å². The number of likely N-dealkylation sites (tertiary alicyclic amines) is 1. The molecule has 2 saturated heterocycles. The number of anilines is 1. The Hall–Kier alpha value is -3.45. The van der Waals surface area contributed by atoms with Crippen LogP contribution in [-0.2, 0) is 26.3 Å². The maximum Gasteiger partial charge on any atom is 0.250 e. The number of nitrogens with zero attached hydrogens (tertiary/aromatic N) is 1. The van der Waals surface area contributed by atoms with E-state index in [-0.39, 0.29) is 29.8 Å². The van der Waals surface area contributed by atoms with Crippen molar-refractivity contribution in [2.24, 2.45) is 11.8 Å². The molecule has 5 atom stereocenters. The molecule has 0 radical (unpaired) electrons. The minimum absolute atomic E-state index is 0.175. The van der Waals surface area contributed by atoms with Crippen molar-refractivity contribution in [3.63, 3.8) is 0 Å². The first-order valence-electron chi connectivity index (χ1n) is 11.6. The number of H-pyrrole nitrogens is 1. The van der Waals surface area contributed by atoms with Crippen LogP contribution in [0.2, 0.25) is 0 Å². The summed E-state index contributed by atoms with van der Waals surface area (Å²) in [7, 11) is 0. The van der Waals surface area contributed by atoms with E-state index in [1.165, 1.54) is 4.90 Å². The number of amides is 3. The Labute approximate surface area is 191 Å². The molecule has 1 aromatic heterocycles. The summed E-state index contributed by atoms with van der Waals surface area (Å²) in [5.74, 6) is -2.05. The van der Waals surface area contributed by atoms with Gasteiger partial charge in [0.15, 0.2) is 0 Å². The summed E-state index contributed by atoms with van der Waals surface area (Å²) in [6, 6.07) is 14.9. The molecule has 3 aromatic rings. The molecule has 33 heavy (non-hydrogen) atoms. The van der Waals surface area contributed by atoms with E-state index in [9.17, 15) is 14.4 Å². The van der Waals surface area contributed by atoms with Crippen molar-refractivity contribution in [2.45, 2.75) is 44.3 Å². The zero-order valence-corrected chi connectivity index (χ0v) is 18.6. The van der Waals surface area contributed by atoms with Gasteiger partial charge in [-0.25, -0.2) is 0 Å². The fraction of sp³-hybridized carbons (Fsp3) is 0.346. The number of imide groups is 1. The lowest BCUT2D eigenvalue weighted by Crippen LogP contribution is -2.54. The van der Waals surface area contributed by atoms with Crippen LogP contribution in [-0.4, -0.2) is 39.7 Å². The van der Waals surface area contributed by atoms with E-state index >= 15 is 0 Å². The number of hydrogen-bond donors (Lipinski definition) is 3. The summed E-state index contributed by atoms with van der Waals surface area (Å²) in [5.41, 5.74) is 2.29. The molecule has 0 bridgehead atoms. The van der Waals surface area contributed by atoms with Gasteiger partial charge in [0.05, 0.1) is 11.8 Å². The fourth-order valence-corrected chi connectivity index (χ4v) is 6.11. The molecule has 6 rings (SSSR count). The smallest absolute Gasteiger partial charge is 0.250 e. The normalized spacial score (nSPS) is 29.1. The van der Waals surface area contributed by atoms with E-state index in [0.717, 1.165) is 22.0 Å². The van der Waals surface area contributed by atoms with Gasteiger partial charge in [0, 0.05) is 40.4 Å². The monoisotopic (exact) mass is 442 g/mol. The van der Waals surface area contributed by atoms with Crippen LogP contribution >= 0.6 is 0 Å². The Bertz CT molecular complexity index is 1310. The first-order valence-corrected chi connectivity index (χ1v) is 11.6. The number of hydrogen-bond acceptors (Lipinski definition) is 4. The number of rotatable bonds is 4. The Morgan fingerprint density at radius 3 is 2.61 bits per heavy atom. The quantitative estimate of drug-likeness (QED) is 0.542. The van der Waals surface area contributed by atoms with Gasteiger partial charge in [-0.15, -0.1) is 0 Å². The van der Waals surface area contributed by atoms with Gasteiger partial charge in [-0.3, -0.25) is 24.6 Å². The first kappa shape index (κ1) is 20.2. The predicted molar refractivity (Wildman–Crippen MR) is 124 cm³/mol. The molecule has 0 aliphatic carbocycles. The molecule has 2 fully saturated rings. The molecular weight excluding hydrogens is 416 g/mol. The fourth-order valence-electron chi connectivity index (χ4n) is 6.11. The summed E-state index contributed by atoms with van der Waals surface area (Å²) in [5, 5.41) is 7.56. The van der Waals surface area contributed by atoms with Crippen molar-refractivity contribution >= 4 is 34.3 Å². The van der Waals surface area contributed by atoms with Gasteiger partial charge in [-0.05, 0) is 37.5 Å². The topological polar surface area (TPSA) is 94.3 Å². The molecule has 0 unspecified atom stereocenters. The standard InChI is InChI=1S/C26H26N4O3/c1-3-14(2)30-23(31)21-20(12-15-13-27-18-10-6-4-8-16(15)18)29-26(22(21)24(30)32)17-9-5-7-11-19(17)28-25(26)33/h4-11,13-14,20-22,27,29H,3,12H2,1-2H3,(H,28,33)/t14-,20+,21+,22-,26+/m0/s1. The second kappa shape index (κ2) is 7.02. The molecule has 1 spiro atoms. The molecule has 0 saturated carbocycles. The number of aromatic nitrogens is 1. The Kier molecular flexibility index (Phi) is 4.29. The number of carbonyl (C=O) groups excluding carboxylic acids is 3. The maximum absolute atomic E-state index is 13.8. The molecule has 168 valence electrons. The van der Waals surface area contributed by atoms with E-state index in [1.807, 2.05) is 68.6 Å². The van der Waals surface area contributed by atoms with Crippen LogP contribution < -0.4 is 10.6 Å². The summed E-state index contributed by atoms with van der Waals surface area (Å²) in [6.07, 6.45) is 3.17. The Morgan fingerprint density at radius 2 is 1.79 bits per heavy atom. The minimum Gasteiger partial charge on any atom is -0.361 e. The molecular formula is C26H26N4O3. The third-order valence-electron chi connectivity index (χ3n) is 7.80. The average Bonchev–Trinajstić information content (AvgIpc) is 3.53. The van der Waals surface area contributed by atoms with Gasteiger partial charge in [0.25, 0.3) is 0 Å². The van der Waals surface area contributed by atoms with E-state index in [0.29, 0.717) is 18.5 Å². The zero-order chi connectivity index (χ0) is 22.9. The van der Waals surface area contributed by atoms with Gasteiger partial charge in [0.1, 0.15) is 5.54 Å². The third-order valence-corrected chi connectivity index (χ3v) is 7.80. The van der Waals surface area contributed by atoms with Crippen molar-refractivity contribution in [3.05, 3.63) is 65.9 Å². The largest absolute Gasteiger partial charge is 0.361 e. The lowest BCUT2D eigenvalue weighted by atomic mass is 9.76. The molecule has 3 amide bonds. The number of benzene rings is 2. The number of fused-ring (bicyclic) bond motifs is 5. The molecule has 2 aromatic carbocycles. The molecule has 3 N–H and O–H groups in total. The second-order valence-corrected chi connectivity index (χ2v) is 9.43. The van der Waals surface area contributed by atoms with Crippen LogP contribution in [0, 0.1) is 11.8 Å². The number of aromatic amines is 1. The van der Waals surface area contributed by atoms with Crippen molar-refractivity contribution in [2.75, 3.05) is 5.32 Å². The number of para-hydroxylation sites is 2. The van der Waals surface area contributed by atoms with Gasteiger partial charge < -0.3 is 10.3 Å². The van der Waals surface area contributed by atoms with Gasteiger partial charge in [-0.1, -0.05) is 43.3 Å². The van der Waals surface area contributed by atoms with E-state index in [1.54, 1.807) is 0 Å². The van der Waals surface area contributed by atoms with Crippen molar-refractivity contribution in [1.82, 2.24) is 15.2 Å². The van der Waals surface area contributed by atoms with Crippen LogP contribution in [0.3, 0.4) is 0 Å². The van der Waals surface area contributed by atoms with Crippen molar-refractivity contribution in [1.29, 1.82) is 0 Å². The Morgan fingerprint density at radius 1 is 1.03 bits per heavy atom. The van der Waals surface area contributed by atoms with Crippen LogP contribution in [0.4, 0.5) is 5.69 Å². The predicted octanol–water partition coefficient (Wildman–Crippen LogP) is 2.93. The van der Waals surface area contributed by atoms with E-state index < -0.39 is 17.4 Å². The minimum atomic E-state index is -1.24. The first-order chi connectivity index (χ1) is 16.0. The molecule has 4 heterocycles. The Balaban J connectivity index is 1.49. The molecule has 3 aliphatic rings. The highest BCUT2D eigenvalue weighted by molar-refractivity contribution is 6.15.